The van der Waals surface area contributed by atoms with Crippen molar-refractivity contribution in [3.05, 3.63) is 41.7 Å². The largest absolute Gasteiger partial charge is 0.316 e. The first-order valence-electron chi connectivity index (χ1n) is 7.61. The lowest BCUT2D eigenvalue weighted by atomic mass is 9.91. The Labute approximate surface area is 121 Å². The van der Waals surface area contributed by atoms with Gasteiger partial charge >= 0.3 is 0 Å². The van der Waals surface area contributed by atoms with Gasteiger partial charge in [0.15, 0.2) is 0 Å². The molecule has 1 saturated heterocycles. The fourth-order valence-electron chi connectivity index (χ4n) is 3.16. The normalized spacial score (nSPS) is 19.2. The molecular formula is C17H23N3. The zero-order chi connectivity index (χ0) is 13.9. The summed E-state index contributed by atoms with van der Waals surface area (Å²) in [5.74, 6) is 0.581. The molecule has 1 N–H and O–H groups in total. The Balaban J connectivity index is 1.96. The van der Waals surface area contributed by atoms with Crippen molar-refractivity contribution in [3.8, 4) is 11.1 Å². The van der Waals surface area contributed by atoms with Crippen LogP contribution >= 0.6 is 0 Å². The van der Waals surface area contributed by atoms with Gasteiger partial charge in [-0.2, -0.15) is 5.10 Å². The van der Waals surface area contributed by atoms with Crippen molar-refractivity contribution in [1.29, 1.82) is 0 Å². The highest BCUT2D eigenvalue weighted by Crippen LogP contribution is 2.32. The highest BCUT2D eigenvalue weighted by molar-refractivity contribution is 5.66. The molecule has 1 aromatic heterocycles. The average molecular weight is 269 g/mol. The minimum absolute atomic E-state index is 0.581. The van der Waals surface area contributed by atoms with Crippen LogP contribution in [-0.4, -0.2) is 22.9 Å². The number of aryl methyl sites for hydroxylation is 2. The Kier molecular flexibility index (Phi) is 3.88. The van der Waals surface area contributed by atoms with Gasteiger partial charge in [0.1, 0.15) is 0 Å². The summed E-state index contributed by atoms with van der Waals surface area (Å²) in [6.45, 7) is 4.41. The van der Waals surface area contributed by atoms with E-state index in [1.54, 1.807) is 0 Å². The van der Waals surface area contributed by atoms with Gasteiger partial charge in [0, 0.05) is 25.1 Å². The number of rotatable bonds is 3. The third-order valence-electron chi connectivity index (χ3n) is 4.34. The number of nitrogens with zero attached hydrogens (tertiary/aromatic N) is 2. The maximum absolute atomic E-state index is 4.50. The SMILES string of the molecule is CCc1ccc(-c2cnn(C)c2C2CCCNC2)cc1. The van der Waals surface area contributed by atoms with Gasteiger partial charge in [0.05, 0.1) is 11.9 Å². The van der Waals surface area contributed by atoms with Gasteiger partial charge in [-0.3, -0.25) is 4.68 Å². The van der Waals surface area contributed by atoms with Crippen molar-refractivity contribution in [2.75, 3.05) is 13.1 Å². The second-order valence-corrected chi connectivity index (χ2v) is 5.66. The van der Waals surface area contributed by atoms with E-state index in [0.29, 0.717) is 5.92 Å². The standard InChI is InChI=1S/C17H23N3/c1-3-13-6-8-14(9-7-13)16-12-19-20(2)17(16)15-5-4-10-18-11-15/h6-9,12,15,18H,3-5,10-11H2,1-2H3. The highest BCUT2D eigenvalue weighted by Gasteiger charge is 2.22. The van der Waals surface area contributed by atoms with Crippen LogP contribution in [0.15, 0.2) is 30.5 Å². The van der Waals surface area contributed by atoms with E-state index in [1.807, 2.05) is 6.20 Å². The molecule has 20 heavy (non-hydrogen) atoms. The maximum atomic E-state index is 4.50. The van der Waals surface area contributed by atoms with Gasteiger partial charge in [-0.05, 0) is 36.9 Å². The molecule has 0 radical (unpaired) electrons. The van der Waals surface area contributed by atoms with Crippen LogP contribution in [0.5, 0.6) is 0 Å². The molecule has 1 aliphatic heterocycles. The van der Waals surface area contributed by atoms with Crippen molar-refractivity contribution in [1.82, 2.24) is 15.1 Å². The number of aromatic nitrogens is 2. The molecule has 3 nitrogen and oxygen atoms in total. The lowest BCUT2D eigenvalue weighted by Gasteiger charge is -2.24. The maximum Gasteiger partial charge on any atom is 0.0571 e. The first-order chi connectivity index (χ1) is 9.79. The van der Waals surface area contributed by atoms with Crippen LogP contribution in [0, 0.1) is 0 Å². The second kappa shape index (κ2) is 5.80. The smallest absolute Gasteiger partial charge is 0.0571 e. The summed E-state index contributed by atoms with van der Waals surface area (Å²) in [6, 6.07) is 8.92. The number of hydrogen-bond acceptors (Lipinski definition) is 2. The quantitative estimate of drug-likeness (QED) is 0.928. The average Bonchev–Trinajstić information content (AvgIpc) is 2.90. The molecule has 0 saturated carbocycles. The van der Waals surface area contributed by atoms with Crippen molar-refractivity contribution in [2.45, 2.75) is 32.1 Å². The van der Waals surface area contributed by atoms with Gasteiger partial charge in [-0.1, -0.05) is 31.2 Å². The topological polar surface area (TPSA) is 29.9 Å². The van der Waals surface area contributed by atoms with Gasteiger partial charge in [-0.25, -0.2) is 0 Å². The fraction of sp³-hybridized carbons (Fsp3) is 0.471. The van der Waals surface area contributed by atoms with Gasteiger partial charge in [0.2, 0.25) is 0 Å². The Morgan fingerprint density at radius 3 is 2.75 bits per heavy atom. The Morgan fingerprint density at radius 1 is 1.30 bits per heavy atom. The summed E-state index contributed by atoms with van der Waals surface area (Å²) >= 11 is 0. The van der Waals surface area contributed by atoms with E-state index in [4.69, 9.17) is 0 Å². The molecule has 106 valence electrons. The summed E-state index contributed by atoms with van der Waals surface area (Å²) in [4.78, 5) is 0. The lowest BCUT2D eigenvalue weighted by Crippen LogP contribution is -2.29. The zero-order valence-corrected chi connectivity index (χ0v) is 12.4. The molecule has 0 spiro atoms. The minimum atomic E-state index is 0.581. The predicted molar refractivity (Wildman–Crippen MR) is 82.9 cm³/mol. The minimum Gasteiger partial charge on any atom is -0.316 e. The second-order valence-electron chi connectivity index (χ2n) is 5.66. The van der Waals surface area contributed by atoms with Crippen LogP contribution < -0.4 is 5.32 Å². The zero-order valence-electron chi connectivity index (χ0n) is 12.4. The van der Waals surface area contributed by atoms with Crippen LogP contribution in [0.3, 0.4) is 0 Å². The van der Waals surface area contributed by atoms with Gasteiger partial charge in [-0.15, -0.1) is 0 Å². The van der Waals surface area contributed by atoms with E-state index >= 15 is 0 Å². The molecule has 1 aromatic carbocycles. The molecule has 0 bridgehead atoms. The summed E-state index contributed by atoms with van der Waals surface area (Å²) in [5, 5.41) is 8.01. The third kappa shape index (κ3) is 2.50. The van der Waals surface area contributed by atoms with E-state index in [0.717, 1.165) is 19.5 Å². The van der Waals surface area contributed by atoms with Crippen LogP contribution in [0.1, 0.15) is 36.9 Å². The first kappa shape index (κ1) is 13.4. The van der Waals surface area contributed by atoms with Crippen LogP contribution in [0.2, 0.25) is 0 Å². The van der Waals surface area contributed by atoms with Crippen LogP contribution in [0.25, 0.3) is 11.1 Å². The molecule has 0 amide bonds. The molecular weight excluding hydrogens is 246 g/mol. The molecule has 1 fully saturated rings. The van der Waals surface area contributed by atoms with E-state index in [-0.39, 0.29) is 0 Å². The molecule has 1 aliphatic rings. The highest BCUT2D eigenvalue weighted by atomic mass is 15.3. The molecule has 3 rings (SSSR count). The molecule has 0 aliphatic carbocycles. The molecule has 2 aromatic rings. The number of hydrogen-bond donors (Lipinski definition) is 1. The van der Waals surface area contributed by atoms with Gasteiger partial charge in [0.25, 0.3) is 0 Å². The van der Waals surface area contributed by atoms with Gasteiger partial charge < -0.3 is 5.32 Å². The Bertz CT molecular complexity index is 562. The summed E-state index contributed by atoms with van der Waals surface area (Å²) in [7, 11) is 2.06. The number of piperidine rings is 1. The van der Waals surface area contributed by atoms with E-state index < -0.39 is 0 Å². The van der Waals surface area contributed by atoms with Crippen molar-refractivity contribution < 1.29 is 0 Å². The van der Waals surface area contributed by atoms with Crippen molar-refractivity contribution in [3.63, 3.8) is 0 Å². The Morgan fingerprint density at radius 2 is 2.10 bits per heavy atom. The summed E-state index contributed by atoms with van der Waals surface area (Å²) in [6.07, 6.45) is 5.62. The van der Waals surface area contributed by atoms with E-state index in [2.05, 4.69) is 53.3 Å². The lowest BCUT2D eigenvalue weighted by molar-refractivity contribution is 0.442. The number of benzene rings is 1. The summed E-state index contributed by atoms with van der Waals surface area (Å²) in [5.41, 5.74) is 5.35. The molecule has 2 heterocycles. The number of nitrogens with one attached hydrogen (secondary N) is 1. The predicted octanol–water partition coefficient (Wildman–Crippen LogP) is 3.12. The Hall–Kier alpha value is -1.61. The fourth-order valence-corrected chi connectivity index (χ4v) is 3.16. The summed E-state index contributed by atoms with van der Waals surface area (Å²) < 4.78 is 2.06. The monoisotopic (exact) mass is 269 g/mol. The van der Waals surface area contributed by atoms with Crippen molar-refractivity contribution >= 4 is 0 Å². The van der Waals surface area contributed by atoms with E-state index in [9.17, 15) is 0 Å². The van der Waals surface area contributed by atoms with Crippen LogP contribution in [-0.2, 0) is 13.5 Å². The first-order valence-corrected chi connectivity index (χ1v) is 7.61. The van der Waals surface area contributed by atoms with Crippen molar-refractivity contribution in [2.24, 2.45) is 7.05 Å². The third-order valence-corrected chi connectivity index (χ3v) is 4.34. The molecule has 1 unspecified atom stereocenters. The molecule has 3 heteroatoms. The molecule has 1 atom stereocenters. The van der Waals surface area contributed by atoms with E-state index in [1.165, 1.54) is 35.2 Å². The van der Waals surface area contributed by atoms with Crippen LogP contribution in [0.4, 0.5) is 0 Å².